The van der Waals surface area contributed by atoms with Crippen LogP contribution < -0.4 is 10.2 Å². The second-order valence-corrected chi connectivity index (χ2v) is 9.87. The van der Waals surface area contributed by atoms with E-state index in [1.165, 1.54) is 12.1 Å². The van der Waals surface area contributed by atoms with Crippen molar-refractivity contribution in [1.29, 1.82) is 0 Å². The number of nitrogens with one attached hydrogen (secondary N) is 1. The summed E-state index contributed by atoms with van der Waals surface area (Å²) in [5.41, 5.74) is 2.52. The van der Waals surface area contributed by atoms with Crippen LogP contribution in [0.25, 0.3) is 32.8 Å². The van der Waals surface area contributed by atoms with Crippen LogP contribution in [0.15, 0.2) is 30.5 Å². The van der Waals surface area contributed by atoms with E-state index >= 15 is 4.39 Å². The molecule has 4 heterocycles. The van der Waals surface area contributed by atoms with Crippen molar-refractivity contribution in [2.24, 2.45) is 0 Å². The van der Waals surface area contributed by atoms with Crippen molar-refractivity contribution >= 4 is 27.4 Å². The molecule has 2 aliphatic heterocycles. The minimum atomic E-state index is -0.469. The largest absolute Gasteiger partial charge is 0.508 e. The van der Waals surface area contributed by atoms with Crippen LogP contribution >= 0.6 is 0 Å². The van der Waals surface area contributed by atoms with Gasteiger partial charge in [0, 0.05) is 53.4 Å². The number of piperazine rings is 1. The van der Waals surface area contributed by atoms with E-state index in [9.17, 15) is 9.50 Å². The molecule has 6 rings (SSSR count). The number of fused-ring (bicyclic) bond motifs is 4. The molecule has 2 bridgehead atoms. The number of phenols is 1. The van der Waals surface area contributed by atoms with Gasteiger partial charge in [-0.15, -0.1) is 0 Å². The fourth-order valence-corrected chi connectivity index (χ4v) is 5.94. The van der Waals surface area contributed by atoms with Crippen LogP contribution in [0.5, 0.6) is 5.75 Å². The number of aromatic hydroxyl groups is 1. The number of hydrogen-bond acceptors (Lipinski definition) is 5. The maximum atomic E-state index is 16.4. The second kappa shape index (κ2) is 8.12. The number of pyridine rings is 2. The van der Waals surface area contributed by atoms with E-state index < -0.39 is 5.82 Å². The van der Waals surface area contributed by atoms with Gasteiger partial charge in [-0.1, -0.05) is 13.0 Å². The van der Waals surface area contributed by atoms with Crippen molar-refractivity contribution in [2.75, 3.05) is 18.0 Å². The number of anilines is 1. The van der Waals surface area contributed by atoms with Crippen LogP contribution in [0, 0.1) is 25.5 Å². The molecule has 0 saturated carbocycles. The van der Waals surface area contributed by atoms with Crippen LogP contribution in [0.3, 0.4) is 0 Å². The van der Waals surface area contributed by atoms with Crippen LogP contribution in [0.1, 0.15) is 36.6 Å². The highest BCUT2D eigenvalue weighted by Crippen LogP contribution is 2.40. The third-order valence-electron chi connectivity index (χ3n) is 7.73. The van der Waals surface area contributed by atoms with Gasteiger partial charge in [0.25, 0.3) is 0 Å². The maximum absolute atomic E-state index is 16.4. The fourth-order valence-electron chi connectivity index (χ4n) is 5.94. The van der Waals surface area contributed by atoms with Crippen LogP contribution in [-0.2, 0) is 6.42 Å². The lowest BCUT2D eigenvalue weighted by atomic mass is 9.93. The lowest BCUT2D eigenvalue weighted by Crippen LogP contribution is -2.51. The van der Waals surface area contributed by atoms with Crippen LogP contribution in [-0.4, -0.2) is 40.2 Å². The number of halogens is 2. The Balaban J connectivity index is 1.61. The van der Waals surface area contributed by atoms with Gasteiger partial charge in [0.05, 0.1) is 0 Å². The summed E-state index contributed by atoms with van der Waals surface area (Å²) in [6, 6.07) is 6.90. The molecule has 2 atom stereocenters. The highest BCUT2D eigenvalue weighted by molar-refractivity contribution is 6.03. The molecular weight excluding hydrogens is 446 g/mol. The van der Waals surface area contributed by atoms with Gasteiger partial charge < -0.3 is 15.3 Å². The first-order valence-electron chi connectivity index (χ1n) is 12.3. The lowest BCUT2D eigenvalue weighted by Gasteiger charge is -2.34. The van der Waals surface area contributed by atoms with Gasteiger partial charge in [0.1, 0.15) is 23.1 Å². The maximum Gasteiger partial charge on any atom is 0.157 e. The number of aryl methyl sites for hydroxylation is 3. The third-order valence-corrected chi connectivity index (χ3v) is 7.73. The SMILES string of the molecule is CCc1c(F)ccc2cc(O)cc(-c3ncc4c(N5CC6CCC(C5)N6)nc(C)c(C)c4c3F)c12. The van der Waals surface area contributed by atoms with Crippen molar-refractivity contribution in [3.8, 4) is 17.0 Å². The zero-order valence-corrected chi connectivity index (χ0v) is 20.1. The Kier molecular flexibility index (Phi) is 5.14. The predicted octanol–water partition coefficient (Wildman–Crippen LogP) is 5.55. The van der Waals surface area contributed by atoms with Crippen molar-refractivity contribution in [1.82, 2.24) is 15.3 Å². The highest BCUT2D eigenvalue weighted by atomic mass is 19.1. The predicted molar refractivity (Wildman–Crippen MR) is 135 cm³/mol. The van der Waals surface area contributed by atoms with E-state index in [1.54, 1.807) is 18.3 Å². The normalized spacial score (nSPS) is 19.7. The summed E-state index contributed by atoms with van der Waals surface area (Å²) < 4.78 is 31.1. The van der Waals surface area contributed by atoms with Crippen molar-refractivity contribution in [3.05, 3.63) is 58.9 Å². The standard InChI is InChI=1S/C28H28F2N4O/c1-4-20-23(29)8-5-16-9-19(35)10-21(25(16)20)27-26(30)24-14(2)15(3)32-28(22(24)11-31-27)34-12-17-6-7-18(13-34)33-17/h5,8-11,17-18,33,35H,4,6-7,12-13H2,1-3H3. The minimum absolute atomic E-state index is 0.0120. The zero-order chi connectivity index (χ0) is 24.4. The Morgan fingerprint density at radius 2 is 1.83 bits per heavy atom. The van der Waals surface area contributed by atoms with E-state index in [2.05, 4.69) is 15.2 Å². The molecule has 2 aromatic heterocycles. The molecule has 180 valence electrons. The Morgan fingerprint density at radius 1 is 1.09 bits per heavy atom. The monoisotopic (exact) mass is 474 g/mol. The topological polar surface area (TPSA) is 61.3 Å². The van der Waals surface area contributed by atoms with Gasteiger partial charge in [0.2, 0.25) is 0 Å². The summed E-state index contributed by atoms with van der Waals surface area (Å²) in [6.45, 7) is 7.32. The van der Waals surface area contributed by atoms with Gasteiger partial charge in [-0.25, -0.2) is 13.8 Å². The summed E-state index contributed by atoms with van der Waals surface area (Å²) in [6.07, 6.45) is 4.41. The summed E-state index contributed by atoms with van der Waals surface area (Å²) in [5.74, 6) is -0.0642. The molecule has 35 heavy (non-hydrogen) atoms. The highest BCUT2D eigenvalue weighted by Gasteiger charge is 2.34. The fraction of sp³-hybridized carbons (Fsp3) is 0.357. The lowest BCUT2D eigenvalue weighted by molar-refractivity contribution is 0.464. The van der Waals surface area contributed by atoms with E-state index in [0.717, 1.165) is 43.0 Å². The number of benzene rings is 2. The molecule has 0 amide bonds. The number of aromatic nitrogens is 2. The second-order valence-electron chi connectivity index (χ2n) is 9.87. The third kappa shape index (κ3) is 3.44. The van der Waals surface area contributed by atoms with Crippen molar-refractivity contribution in [2.45, 2.75) is 52.1 Å². The van der Waals surface area contributed by atoms with Gasteiger partial charge in [-0.3, -0.25) is 4.98 Å². The van der Waals surface area contributed by atoms with Crippen LogP contribution in [0.2, 0.25) is 0 Å². The molecule has 5 nitrogen and oxygen atoms in total. The molecule has 2 N–H and O–H groups in total. The molecule has 7 heteroatoms. The number of phenolic OH excluding ortho intramolecular Hbond substituents is 1. The first-order valence-corrected chi connectivity index (χ1v) is 12.3. The summed E-state index contributed by atoms with van der Waals surface area (Å²) in [5, 5.41) is 16.4. The summed E-state index contributed by atoms with van der Waals surface area (Å²) in [7, 11) is 0. The molecule has 4 aromatic rings. The van der Waals surface area contributed by atoms with Gasteiger partial charge in [0.15, 0.2) is 5.82 Å². The van der Waals surface area contributed by atoms with Gasteiger partial charge >= 0.3 is 0 Å². The zero-order valence-electron chi connectivity index (χ0n) is 20.1. The van der Waals surface area contributed by atoms with Gasteiger partial charge in [-0.05, 0) is 73.2 Å². The number of hydrogen-bond donors (Lipinski definition) is 2. The Hall–Kier alpha value is -3.32. The Labute approximate surface area is 202 Å². The first kappa shape index (κ1) is 22.2. The average Bonchev–Trinajstić information content (AvgIpc) is 3.18. The van der Waals surface area contributed by atoms with E-state index in [1.807, 2.05) is 20.8 Å². The Bertz CT molecular complexity index is 1490. The average molecular weight is 475 g/mol. The summed E-state index contributed by atoms with van der Waals surface area (Å²) in [4.78, 5) is 11.7. The molecule has 2 aliphatic rings. The van der Waals surface area contributed by atoms with E-state index in [0.29, 0.717) is 51.2 Å². The van der Waals surface area contributed by atoms with Crippen molar-refractivity contribution in [3.63, 3.8) is 0 Å². The van der Waals surface area contributed by atoms with E-state index in [4.69, 9.17) is 4.98 Å². The van der Waals surface area contributed by atoms with E-state index in [-0.39, 0.29) is 17.3 Å². The molecule has 0 spiro atoms. The minimum Gasteiger partial charge on any atom is -0.508 e. The smallest absolute Gasteiger partial charge is 0.157 e. The summed E-state index contributed by atoms with van der Waals surface area (Å²) >= 11 is 0. The van der Waals surface area contributed by atoms with Gasteiger partial charge in [-0.2, -0.15) is 0 Å². The molecule has 2 fully saturated rings. The molecule has 2 saturated heterocycles. The quantitative estimate of drug-likeness (QED) is 0.408. The van der Waals surface area contributed by atoms with Crippen LogP contribution in [0.4, 0.5) is 14.6 Å². The molecule has 2 aromatic carbocycles. The number of rotatable bonds is 3. The molecule has 0 radical (unpaired) electrons. The number of nitrogens with zero attached hydrogens (tertiary/aromatic N) is 3. The molecule has 0 aliphatic carbocycles. The Morgan fingerprint density at radius 3 is 2.54 bits per heavy atom. The molecule has 2 unspecified atom stereocenters. The first-order chi connectivity index (χ1) is 16.9. The molecular formula is C28H28F2N4O. The van der Waals surface area contributed by atoms with Crippen molar-refractivity contribution < 1.29 is 13.9 Å².